The Labute approximate surface area is 155 Å². The highest BCUT2D eigenvalue weighted by Gasteiger charge is 2.25. The van der Waals surface area contributed by atoms with Crippen LogP contribution in [0.2, 0.25) is 0 Å². The van der Waals surface area contributed by atoms with Crippen LogP contribution < -0.4 is 4.90 Å². The zero-order valence-corrected chi connectivity index (χ0v) is 16.7. The number of hydrogen-bond acceptors (Lipinski definition) is 7. The number of amides is 2. The molecule has 0 bridgehead atoms. The van der Waals surface area contributed by atoms with Crippen molar-refractivity contribution in [2.45, 2.75) is 15.6 Å². The maximum Gasteiger partial charge on any atom is 0.277 e. The second kappa shape index (κ2) is 9.59. The SMILES string of the molecule is CCSc1nnc(SCC(=O)N2CC[NH+](CC(=O)N(C)C)CC2)s1. The lowest BCUT2D eigenvalue weighted by Crippen LogP contribution is -3.15. The Hall–Kier alpha value is -0.840. The molecule has 2 rings (SSSR count). The van der Waals surface area contributed by atoms with Gasteiger partial charge in [-0.3, -0.25) is 9.59 Å². The number of hydrogen-bond donors (Lipinski definition) is 1. The summed E-state index contributed by atoms with van der Waals surface area (Å²) in [6.07, 6.45) is 0. The summed E-state index contributed by atoms with van der Waals surface area (Å²) in [6.45, 7) is 5.66. The van der Waals surface area contributed by atoms with Crippen LogP contribution in [0.15, 0.2) is 8.68 Å². The Balaban J connectivity index is 1.71. The van der Waals surface area contributed by atoms with Crippen LogP contribution in [0, 0.1) is 0 Å². The van der Waals surface area contributed by atoms with E-state index in [1.807, 2.05) is 4.90 Å². The van der Waals surface area contributed by atoms with Gasteiger partial charge in [-0.1, -0.05) is 41.8 Å². The fraction of sp³-hybridized carbons (Fsp3) is 0.714. The summed E-state index contributed by atoms with van der Waals surface area (Å²) in [5, 5.41) is 8.20. The van der Waals surface area contributed by atoms with Crippen molar-refractivity contribution >= 4 is 46.7 Å². The van der Waals surface area contributed by atoms with Crippen molar-refractivity contribution < 1.29 is 14.5 Å². The van der Waals surface area contributed by atoms with Crippen LogP contribution in [0.4, 0.5) is 0 Å². The van der Waals surface area contributed by atoms with Gasteiger partial charge >= 0.3 is 0 Å². The maximum absolute atomic E-state index is 12.3. The third-order valence-electron chi connectivity index (χ3n) is 3.70. The molecule has 1 fully saturated rings. The summed E-state index contributed by atoms with van der Waals surface area (Å²) in [6, 6.07) is 0. The fourth-order valence-corrected chi connectivity index (χ4v) is 5.09. The number of piperazine rings is 1. The minimum Gasteiger partial charge on any atom is -0.344 e. The maximum atomic E-state index is 12.3. The molecule has 1 aromatic rings. The minimum absolute atomic E-state index is 0.136. The number of aromatic nitrogens is 2. The van der Waals surface area contributed by atoms with Gasteiger partial charge in [0.2, 0.25) is 5.91 Å². The zero-order chi connectivity index (χ0) is 17.5. The van der Waals surface area contributed by atoms with E-state index in [2.05, 4.69) is 17.1 Å². The molecule has 1 aromatic heterocycles. The van der Waals surface area contributed by atoms with Crippen LogP contribution in [0.3, 0.4) is 0 Å². The highest BCUT2D eigenvalue weighted by molar-refractivity contribution is 8.03. The Morgan fingerprint density at radius 2 is 1.83 bits per heavy atom. The number of nitrogens with zero attached hydrogens (tertiary/aromatic N) is 4. The van der Waals surface area contributed by atoms with E-state index in [9.17, 15) is 9.59 Å². The summed E-state index contributed by atoms with van der Waals surface area (Å²) in [5.41, 5.74) is 0. The average molecular weight is 391 g/mol. The van der Waals surface area contributed by atoms with Crippen molar-refractivity contribution in [2.75, 3.05) is 58.3 Å². The number of quaternary nitrogens is 1. The predicted octanol–water partition coefficient (Wildman–Crippen LogP) is -0.442. The van der Waals surface area contributed by atoms with Crippen LogP contribution in [0.1, 0.15) is 6.92 Å². The quantitative estimate of drug-likeness (QED) is 0.637. The van der Waals surface area contributed by atoms with Crippen molar-refractivity contribution in [2.24, 2.45) is 0 Å². The van der Waals surface area contributed by atoms with Crippen LogP contribution in [0.5, 0.6) is 0 Å². The second-order valence-corrected chi connectivity index (χ2v) is 9.36. The average Bonchev–Trinajstić information content (AvgIpc) is 3.01. The molecule has 10 heteroatoms. The van der Waals surface area contributed by atoms with Crippen molar-refractivity contribution in [3.63, 3.8) is 0 Å². The van der Waals surface area contributed by atoms with Crippen LogP contribution in [0.25, 0.3) is 0 Å². The van der Waals surface area contributed by atoms with Crippen LogP contribution in [-0.4, -0.2) is 90.1 Å². The van der Waals surface area contributed by atoms with Gasteiger partial charge in [-0.25, -0.2) is 0 Å². The summed E-state index contributed by atoms with van der Waals surface area (Å²) < 4.78 is 1.80. The molecule has 2 amide bonds. The smallest absolute Gasteiger partial charge is 0.277 e. The lowest BCUT2D eigenvalue weighted by Gasteiger charge is -2.32. The first-order valence-corrected chi connectivity index (χ1v) is 10.7. The van der Waals surface area contributed by atoms with Crippen molar-refractivity contribution in [3.05, 3.63) is 0 Å². The third-order valence-corrected chi connectivity index (χ3v) is 6.75. The van der Waals surface area contributed by atoms with Gasteiger partial charge in [-0.2, -0.15) is 0 Å². The number of nitrogens with one attached hydrogen (secondary N) is 1. The molecule has 1 aliphatic rings. The Morgan fingerprint density at radius 3 is 2.42 bits per heavy atom. The Morgan fingerprint density at radius 1 is 1.21 bits per heavy atom. The molecule has 1 aliphatic heterocycles. The van der Waals surface area contributed by atoms with E-state index in [4.69, 9.17) is 0 Å². The first kappa shape index (κ1) is 19.5. The second-order valence-electron chi connectivity index (χ2n) is 5.65. The highest BCUT2D eigenvalue weighted by atomic mass is 32.2. The topological polar surface area (TPSA) is 70.8 Å². The van der Waals surface area contributed by atoms with Gasteiger partial charge in [0.25, 0.3) is 5.91 Å². The largest absolute Gasteiger partial charge is 0.344 e. The molecule has 0 unspecified atom stereocenters. The molecule has 0 spiro atoms. The molecule has 134 valence electrons. The van der Waals surface area contributed by atoms with E-state index < -0.39 is 0 Å². The number of carbonyl (C=O) groups is 2. The lowest BCUT2D eigenvalue weighted by atomic mass is 10.3. The molecule has 0 atom stereocenters. The predicted molar refractivity (Wildman–Crippen MR) is 97.9 cm³/mol. The Kier molecular flexibility index (Phi) is 7.79. The van der Waals surface area contributed by atoms with Gasteiger partial charge in [-0.15, -0.1) is 10.2 Å². The van der Waals surface area contributed by atoms with Crippen molar-refractivity contribution in [3.8, 4) is 0 Å². The third kappa shape index (κ3) is 5.91. The van der Waals surface area contributed by atoms with Gasteiger partial charge in [0.05, 0.1) is 31.9 Å². The fourth-order valence-electron chi connectivity index (χ4n) is 2.27. The van der Waals surface area contributed by atoms with E-state index in [1.165, 1.54) is 16.7 Å². The van der Waals surface area contributed by atoms with E-state index >= 15 is 0 Å². The van der Waals surface area contributed by atoms with Crippen molar-refractivity contribution in [1.29, 1.82) is 0 Å². The first-order chi connectivity index (χ1) is 11.5. The van der Waals surface area contributed by atoms with Gasteiger partial charge in [0.15, 0.2) is 15.2 Å². The van der Waals surface area contributed by atoms with Crippen molar-refractivity contribution in [1.82, 2.24) is 20.0 Å². The number of rotatable bonds is 7. The van der Waals surface area contributed by atoms with Gasteiger partial charge in [0.1, 0.15) is 0 Å². The monoisotopic (exact) mass is 390 g/mol. The molecule has 2 heterocycles. The molecular weight excluding hydrogens is 366 g/mol. The van der Waals surface area contributed by atoms with Crippen LogP contribution >= 0.6 is 34.9 Å². The number of likely N-dealkylation sites (N-methyl/N-ethyl adjacent to an activating group) is 1. The van der Waals surface area contributed by atoms with Gasteiger partial charge in [0, 0.05) is 14.1 Å². The Bertz CT molecular complexity index is 558. The molecule has 24 heavy (non-hydrogen) atoms. The van der Waals surface area contributed by atoms with Crippen LogP contribution in [-0.2, 0) is 9.59 Å². The molecule has 0 aromatic carbocycles. The molecular formula is C14H24N5O2S3+. The molecule has 0 radical (unpaired) electrons. The number of carbonyl (C=O) groups excluding carboxylic acids is 2. The molecule has 1 saturated heterocycles. The standard InChI is InChI=1S/C14H23N5O2S3/c1-4-22-13-15-16-14(24-13)23-10-12(21)19-7-5-18(6-8-19)9-11(20)17(2)3/h4-10H2,1-3H3/p+1. The minimum atomic E-state index is 0.136. The van der Waals surface area contributed by atoms with E-state index in [0.29, 0.717) is 25.4 Å². The zero-order valence-electron chi connectivity index (χ0n) is 14.3. The van der Waals surface area contributed by atoms with E-state index in [0.717, 1.165) is 27.5 Å². The van der Waals surface area contributed by atoms with Gasteiger partial charge < -0.3 is 14.7 Å². The summed E-state index contributed by atoms with van der Waals surface area (Å²) >= 11 is 4.67. The summed E-state index contributed by atoms with van der Waals surface area (Å²) in [4.78, 5) is 28.8. The molecule has 1 N–H and O–H groups in total. The highest BCUT2D eigenvalue weighted by Crippen LogP contribution is 2.28. The first-order valence-electron chi connectivity index (χ1n) is 7.90. The lowest BCUT2D eigenvalue weighted by molar-refractivity contribution is -0.896. The molecule has 7 nitrogen and oxygen atoms in total. The summed E-state index contributed by atoms with van der Waals surface area (Å²) in [7, 11) is 3.55. The molecule has 0 aliphatic carbocycles. The normalized spacial score (nSPS) is 15.5. The summed E-state index contributed by atoms with van der Waals surface area (Å²) in [5.74, 6) is 1.65. The van der Waals surface area contributed by atoms with E-state index in [1.54, 1.807) is 42.1 Å². The number of thioether (sulfide) groups is 2. The van der Waals surface area contributed by atoms with E-state index in [-0.39, 0.29) is 11.8 Å². The molecule has 0 saturated carbocycles. The van der Waals surface area contributed by atoms with Gasteiger partial charge in [-0.05, 0) is 5.75 Å².